The summed E-state index contributed by atoms with van der Waals surface area (Å²) in [6.45, 7) is 5.45. The van der Waals surface area contributed by atoms with Gasteiger partial charge in [0.25, 0.3) is 0 Å². The highest BCUT2D eigenvalue weighted by Gasteiger charge is 2.69. The van der Waals surface area contributed by atoms with Crippen molar-refractivity contribution >= 4 is 40.8 Å². The number of esters is 1. The molecule has 2 aliphatic heterocycles. The number of halogens is 3. The summed E-state index contributed by atoms with van der Waals surface area (Å²) in [7, 11) is 0. The summed E-state index contributed by atoms with van der Waals surface area (Å²) in [6.07, 6.45) is 1.36. The highest BCUT2D eigenvalue weighted by Crippen LogP contribution is 2.59. The third-order valence-corrected chi connectivity index (χ3v) is 6.57. The molecule has 0 saturated carbocycles. The van der Waals surface area contributed by atoms with Crippen LogP contribution in [0, 0.1) is 5.82 Å². The summed E-state index contributed by atoms with van der Waals surface area (Å²) in [5, 5.41) is 6.22. The van der Waals surface area contributed by atoms with Crippen molar-refractivity contribution in [2.24, 2.45) is 0 Å². The maximum atomic E-state index is 15.2. The van der Waals surface area contributed by atoms with Crippen molar-refractivity contribution in [1.82, 2.24) is 10.3 Å². The molecule has 1 aromatic heterocycles. The Balaban J connectivity index is 2.04. The van der Waals surface area contributed by atoms with Gasteiger partial charge in [-0.3, -0.25) is 14.9 Å². The van der Waals surface area contributed by atoms with Gasteiger partial charge in [0.1, 0.15) is 11.5 Å². The van der Waals surface area contributed by atoms with Crippen LogP contribution in [0.15, 0.2) is 30.5 Å². The first-order valence-corrected chi connectivity index (χ1v) is 10.3. The zero-order chi connectivity index (χ0) is 21.8. The first kappa shape index (κ1) is 21.0. The lowest BCUT2D eigenvalue weighted by atomic mass is 9.60. The molecule has 1 saturated heterocycles. The summed E-state index contributed by atoms with van der Waals surface area (Å²) >= 11 is 12.1. The van der Waals surface area contributed by atoms with E-state index in [1.807, 2.05) is 13.8 Å². The molecule has 158 valence electrons. The van der Waals surface area contributed by atoms with Gasteiger partial charge in [0.05, 0.1) is 6.61 Å². The Bertz CT molecular complexity index is 1060. The van der Waals surface area contributed by atoms with Crippen LogP contribution in [-0.2, 0) is 19.7 Å². The van der Waals surface area contributed by atoms with E-state index in [1.165, 1.54) is 12.3 Å². The number of hydrogen-bond donors (Lipinski definition) is 2. The zero-order valence-electron chi connectivity index (χ0n) is 16.6. The van der Waals surface area contributed by atoms with Gasteiger partial charge in [0.15, 0.2) is 11.0 Å². The van der Waals surface area contributed by atoms with Crippen molar-refractivity contribution in [2.45, 2.75) is 43.7 Å². The minimum absolute atomic E-state index is 0.115. The van der Waals surface area contributed by atoms with Crippen LogP contribution in [0.4, 0.5) is 10.1 Å². The maximum Gasteiger partial charge on any atom is 0.323 e. The Kier molecular flexibility index (Phi) is 5.03. The van der Waals surface area contributed by atoms with E-state index in [0.717, 1.165) is 0 Å². The molecular weight excluding hydrogens is 432 g/mol. The van der Waals surface area contributed by atoms with E-state index in [1.54, 1.807) is 25.1 Å². The fourth-order valence-corrected chi connectivity index (χ4v) is 5.31. The van der Waals surface area contributed by atoms with Crippen molar-refractivity contribution in [1.29, 1.82) is 0 Å². The summed E-state index contributed by atoms with van der Waals surface area (Å²) in [5.74, 6) is -2.64. The van der Waals surface area contributed by atoms with E-state index >= 15 is 4.39 Å². The minimum atomic E-state index is -1.32. The Morgan fingerprint density at radius 2 is 2.03 bits per heavy atom. The van der Waals surface area contributed by atoms with Gasteiger partial charge in [-0.1, -0.05) is 29.3 Å². The van der Waals surface area contributed by atoms with E-state index in [0.29, 0.717) is 16.3 Å². The zero-order valence-corrected chi connectivity index (χ0v) is 18.1. The molecule has 0 bridgehead atoms. The van der Waals surface area contributed by atoms with Crippen molar-refractivity contribution < 1.29 is 18.7 Å². The van der Waals surface area contributed by atoms with Crippen molar-refractivity contribution in [3.05, 3.63) is 57.6 Å². The lowest BCUT2D eigenvalue weighted by Gasteiger charge is -2.40. The fraction of sp³-hybridized carbons (Fsp3) is 0.381. The molecule has 2 N–H and O–H groups in total. The molecule has 2 aromatic rings. The second-order valence-corrected chi connectivity index (χ2v) is 8.73. The Labute approximate surface area is 183 Å². The van der Waals surface area contributed by atoms with E-state index in [9.17, 15) is 9.59 Å². The largest absolute Gasteiger partial charge is 0.465 e. The van der Waals surface area contributed by atoms with Gasteiger partial charge < -0.3 is 10.1 Å². The molecule has 1 unspecified atom stereocenters. The molecule has 4 rings (SSSR count). The number of benzene rings is 1. The number of carbonyl (C=O) groups excluding carboxylic acids is 2. The molecule has 1 amide bonds. The highest BCUT2D eigenvalue weighted by atomic mass is 35.5. The van der Waals surface area contributed by atoms with Crippen LogP contribution in [0.1, 0.15) is 37.8 Å². The summed E-state index contributed by atoms with van der Waals surface area (Å²) in [4.78, 5) is 30.3. The van der Waals surface area contributed by atoms with Gasteiger partial charge >= 0.3 is 5.97 Å². The Morgan fingerprint density at radius 3 is 2.73 bits per heavy atom. The van der Waals surface area contributed by atoms with Crippen molar-refractivity contribution in [2.75, 3.05) is 11.9 Å². The predicted octanol–water partition coefficient (Wildman–Crippen LogP) is 3.81. The van der Waals surface area contributed by atoms with Crippen molar-refractivity contribution in [3.8, 4) is 0 Å². The Morgan fingerprint density at radius 1 is 1.30 bits per heavy atom. The topological polar surface area (TPSA) is 80.3 Å². The SMILES string of the molecule is CCOC(=O)C1NC(C)(C)[C@@]2(C(=O)Nc3cc(Cl)ccc32)[C@H]1c1ccnc(Cl)c1F. The standard InChI is InChI=1S/C21H20Cl2FN3O3/c1-4-30-18(28)16-14(11-7-8-25-17(23)15(11)24)21(20(2,3)27-16)12-6-5-10(22)9-13(12)26-19(21)29/h5-9,14,16,27H,4H2,1-3H3,(H,26,29)/t14-,16?,21+/m0/s1. The molecule has 1 fully saturated rings. The third kappa shape index (κ3) is 2.76. The number of nitrogens with zero attached hydrogens (tertiary/aromatic N) is 1. The van der Waals surface area contributed by atoms with E-state index < -0.39 is 34.7 Å². The third-order valence-electron chi connectivity index (χ3n) is 6.07. The average molecular weight is 452 g/mol. The fourth-order valence-electron chi connectivity index (χ4n) is 4.97. The molecule has 1 aromatic carbocycles. The lowest BCUT2D eigenvalue weighted by molar-refractivity contribution is -0.145. The number of rotatable bonds is 3. The predicted molar refractivity (Wildman–Crippen MR) is 111 cm³/mol. The van der Waals surface area contributed by atoms with Gasteiger partial charge in [-0.15, -0.1) is 0 Å². The van der Waals surface area contributed by atoms with Gasteiger partial charge in [0.2, 0.25) is 5.91 Å². The number of nitrogens with one attached hydrogen (secondary N) is 2. The van der Waals surface area contributed by atoms with Crippen LogP contribution in [0.5, 0.6) is 0 Å². The molecule has 0 radical (unpaired) electrons. The van der Waals surface area contributed by atoms with Crippen LogP contribution in [-0.4, -0.2) is 35.0 Å². The number of pyridine rings is 1. The second kappa shape index (κ2) is 7.18. The van der Waals surface area contributed by atoms with Crippen LogP contribution >= 0.6 is 23.2 Å². The van der Waals surface area contributed by atoms with Gasteiger partial charge in [0, 0.05) is 28.4 Å². The number of hydrogen-bond acceptors (Lipinski definition) is 5. The van der Waals surface area contributed by atoms with Gasteiger partial charge in [-0.05, 0) is 50.1 Å². The Hall–Kier alpha value is -2.22. The summed E-state index contributed by atoms with van der Waals surface area (Å²) < 4.78 is 20.5. The molecule has 2 aliphatic rings. The van der Waals surface area contributed by atoms with Crippen LogP contribution in [0.3, 0.4) is 0 Å². The quantitative estimate of drug-likeness (QED) is 0.547. The first-order valence-electron chi connectivity index (χ1n) is 9.50. The number of fused-ring (bicyclic) bond motifs is 2. The summed E-state index contributed by atoms with van der Waals surface area (Å²) in [6, 6.07) is 5.51. The van der Waals surface area contributed by atoms with Gasteiger partial charge in [-0.25, -0.2) is 9.37 Å². The first-order chi connectivity index (χ1) is 14.1. The van der Waals surface area contributed by atoms with Crippen LogP contribution in [0.2, 0.25) is 10.2 Å². The number of aromatic nitrogens is 1. The number of anilines is 1. The molecule has 6 nitrogen and oxygen atoms in total. The number of carbonyl (C=O) groups is 2. The maximum absolute atomic E-state index is 15.2. The molecule has 1 spiro atoms. The van der Waals surface area contributed by atoms with Crippen LogP contribution < -0.4 is 10.6 Å². The van der Waals surface area contributed by atoms with Gasteiger partial charge in [-0.2, -0.15) is 0 Å². The molecule has 3 heterocycles. The minimum Gasteiger partial charge on any atom is -0.465 e. The molecule has 0 aliphatic carbocycles. The summed E-state index contributed by atoms with van der Waals surface area (Å²) in [5.41, 5.74) is -1.00. The molecule has 3 atom stereocenters. The molecule has 30 heavy (non-hydrogen) atoms. The number of amides is 1. The average Bonchev–Trinajstić information content (AvgIpc) is 3.10. The van der Waals surface area contributed by atoms with E-state index in [-0.39, 0.29) is 23.2 Å². The number of ether oxygens (including phenoxy) is 1. The highest BCUT2D eigenvalue weighted by molar-refractivity contribution is 6.31. The smallest absolute Gasteiger partial charge is 0.323 e. The van der Waals surface area contributed by atoms with E-state index in [2.05, 4.69) is 15.6 Å². The lowest BCUT2D eigenvalue weighted by Crippen LogP contribution is -2.55. The monoisotopic (exact) mass is 451 g/mol. The second-order valence-electron chi connectivity index (χ2n) is 7.93. The van der Waals surface area contributed by atoms with Crippen molar-refractivity contribution in [3.63, 3.8) is 0 Å². The van der Waals surface area contributed by atoms with E-state index in [4.69, 9.17) is 27.9 Å². The normalized spacial score (nSPS) is 26.5. The molecule has 9 heteroatoms. The molecular formula is C21H20Cl2FN3O3. The van der Waals surface area contributed by atoms with Crippen LogP contribution in [0.25, 0.3) is 0 Å².